The zero-order chi connectivity index (χ0) is 16.8. The Morgan fingerprint density at radius 1 is 1.18 bits per heavy atom. The predicted octanol–water partition coefficient (Wildman–Crippen LogP) is 7.46. The van der Waals surface area contributed by atoms with Crippen LogP contribution >= 0.6 is 11.6 Å². The molecular formula is C21H29Cl. The maximum atomic E-state index is 6.13. The zero-order valence-electron chi connectivity index (χ0n) is 14.4. The molecule has 120 valence electrons. The average molecular weight is 317 g/mol. The molecule has 0 saturated heterocycles. The third-order valence-corrected chi connectivity index (χ3v) is 3.66. The van der Waals surface area contributed by atoms with Crippen molar-refractivity contribution in [1.29, 1.82) is 0 Å². The molecule has 0 radical (unpaired) electrons. The molecule has 0 aliphatic rings. The molecule has 0 spiro atoms. The summed E-state index contributed by atoms with van der Waals surface area (Å²) in [5, 5.41) is 0.782. The van der Waals surface area contributed by atoms with Gasteiger partial charge in [-0.2, -0.15) is 0 Å². The predicted molar refractivity (Wildman–Crippen MR) is 103 cm³/mol. The van der Waals surface area contributed by atoms with E-state index in [9.17, 15) is 0 Å². The van der Waals surface area contributed by atoms with E-state index in [0.29, 0.717) is 0 Å². The molecule has 0 heterocycles. The van der Waals surface area contributed by atoms with Crippen molar-refractivity contribution < 1.29 is 0 Å². The highest BCUT2D eigenvalue weighted by atomic mass is 35.5. The lowest BCUT2D eigenvalue weighted by Gasteiger charge is -2.02. The average Bonchev–Trinajstić information content (AvgIpc) is 2.55. The van der Waals surface area contributed by atoms with E-state index in [4.69, 9.17) is 11.6 Å². The quantitative estimate of drug-likeness (QED) is 0.478. The summed E-state index contributed by atoms with van der Waals surface area (Å²) in [7, 11) is 0. The molecule has 1 aromatic carbocycles. The smallest absolute Gasteiger partial charge is 0.0398 e. The molecule has 0 fully saturated rings. The van der Waals surface area contributed by atoms with Crippen molar-refractivity contribution in [3.05, 3.63) is 76.9 Å². The Labute approximate surface area is 141 Å². The van der Waals surface area contributed by atoms with Gasteiger partial charge in [-0.25, -0.2) is 0 Å². The molecule has 1 rings (SSSR count). The Morgan fingerprint density at radius 2 is 1.82 bits per heavy atom. The fourth-order valence-electron chi connectivity index (χ4n) is 1.66. The number of hydrogen-bond donors (Lipinski definition) is 0. The molecule has 0 bridgehead atoms. The van der Waals surface area contributed by atoms with Crippen LogP contribution in [0.1, 0.15) is 51.2 Å². The van der Waals surface area contributed by atoms with Crippen LogP contribution in [0, 0.1) is 6.92 Å². The van der Waals surface area contributed by atoms with Gasteiger partial charge in [-0.3, -0.25) is 0 Å². The largest absolute Gasteiger partial charge is 0.0991 e. The summed E-state index contributed by atoms with van der Waals surface area (Å²) >= 11 is 6.13. The lowest BCUT2D eigenvalue weighted by molar-refractivity contribution is 0.886. The minimum absolute atomic E-state index is 0.782. The minimum Gasteiger partial charge on any atom is -0.0991 e. The number of benzene rings is 1. The third-order valence-electron chi connectivity index (χ3n) is 3.20. The van der Waals surface area contributed by atoms with Crippen LogP contribution in [0.25, 0.3) is 6.08 Å². The molecule has 1 heteroatoms. The summed E-state index contributed by atoms with van der Waals surface area (Å²) in [6.45, 7) is 12.1. The summed E-state index contributed by atoms with van der Waals surface area (Å²) in [4.78, 5) is 0. The topological polar surface area (TPSA) is 0 Å². The van der Waals surface area contributed by atoms with E-state index < -0.39 is 0 Å². The highest BCUT2D eigenvalue weighted by Gasteiger charge is 1.98. The Morgan fingerprint density at radius 3 is 2.32 bits per heavy atom. The summed E-state index contributed by atoms with van der Waals surface area (Å²) < 4.78 is 0. The van der Waals surface area contributed by atoms with E-state index in [1.54, 1.807) is 6.08 Å². The Balaban J connectivity index is 0.000000980. The number of unbranched alkanes of at least 4 members (excludes halogenated alkanes) is 1. The first-order chi connectivity index (χ1) is 10.6. The van der Waals surface area contributed by atoms with Crippen molar-refractivity contribution in [1.82, 2.24) is 0 Å². The van der Waals surface area contributed by atoms with E-state index in [-0.39, 0.29) is 0 Å². The number of hydrogen-bond acceptors (Lipinski definition) is 0. The highest BCUT2D eigenvalue weighted by Crippen LogP contribution is 2.20. The third kappa shape index (κ3) is 8.69. The standard InChI is InChI=1S/C17H19Cl.C4H10/c1-4-9-16(17(18)5-2)13-8-12-15-11-7-6-10-14(15)3;1-3-4-2/h4-12H,1,13H2,2-3H3;3-4H2,1-2H3/b12-8-,16-9-,17-5+;. The summed E-state index contributed by atoms with van der Waals surface area (Å²) in [6, 6.07) is 8.32. The van der Waals surface area contributed by atoms with E-state index in [1.807, 2.05) is 31.2 Å². The zero-order valence-corrected chi connectivity index (χ0v) is 15.2. The van der Waals surface area contributed by atoms with Crippen LogP contribution in [0.5, 0.6) is 0 Å². The molecule has 0 aromatic heterocycles. The Kier molecular flexibility index (Phi) is 12.2. The maximum absolute atomic E-state index is 6.13. The van der Waals surface area contributed by atoms with Crippen LogP contribution in [0.15, 0.2) is 65.8 Å². The maximum Gasteiger partial charge on any atom is 0.0398 e. The van der Waals surface area contributed by atoms with E-state index in [0.717, 1.165) is 17.0 Å². The molecule has 0 aliphatic carbocycles. The first-order valence-corrected chi connectivity index (χ1v) is 8.34. The lowest BCUT2D eigenvalue weighted by atomic mass is 10.1. The van der Waals surface area contributed by atoms with Crippen LogP contribution in [0.2, 0.25) is 0 Å². The molecule has 0 unspecified atom stereocenters. The van der Waals surface area contributed by atoms with Crippen molar-refractivity contribution >= 4 is 17.7 Å². The van der Waals surface area contributed by atoms with Crippen molar-refractivity contribution in [3.8, 4) is 0 Å². The Hall–Kier alpha value is -1.53. The van der Waals surface area contributed by atoms with Gasteiger partial charge < -0.3 is 0 Å². The fraction of sp³-hybridized carbons (Fsp3) is 0.333. The van der Waals surface area contributed by atoms with Crippen LogP contribution < -0.4 is 0 Å². The molecule has 0 N–H and O–H groups in total. The van der Waals surface area contributed by atoms with E-state index in [2.05, 4.69) is 51.6 Å². The van der Waals surface area contributed by atoms with Crippen LogP contribution in [0.3, 0.4) is 0 Å². The minimum atomic E-state index is 0.782. The van der Waals surface area contributed by atoms with Crippen molar-refractivity contribution in [2.45, 2.75) is 47.0 Å². The van der Waals surface area contributed by atoms with Crippen LogP contribution in [-0.2, 0) is 0 Å². The normalized spacial score (nSPS) is 12.0. The molecule has 0 saturated carbocycles. The second-order valence-corrected chi connectivity index (χ2v) is 5.43. The fourth-order valence-corrected chi connectivity index (χ4v) is 1.80. The first kappa shape index (κ1) is 20.5. The number of rotatable bonds is 6. The van der Waals surface area contributed by atoms with Gasteiger partial charge in [0.15, 0.2) is 0 Å². The number of aryl methyl sites for hydroxylation is 1. The summed E-state index contributed by atoms with van der Waals surface area (Å²) in [6.07, 6.45) is 13.3. The van der Waals surface area contributed by atoms with E-state index >= 15 is 0 Å². The van der Waals surface area contributed by atoms with Gasteiger partial charge in [-0.15, -0.1) is 0 Å². The van der Waals surface area contributed by atoms with E-state index in [1.165, 1.54) is 24.0 Å². The molecule has 0 nitrogen and oxygen atoms in total. The molecule has 0 atom stereocenters. The van der Waals surface area contributed by atoms with Gasteiger partial charge in [0.2, 0.25) is 0 Å². The highest BCUT2D eigenvalue weighted by molar-refractivity contribution is 6.32. The van der Waals surface area contributed by atoms with Gasteiger partial charge in [0.25, 0.3) is 0 Å². The van der Waals surface area contributed by atoms with Gasteiger partial charge in [-0.1, -0.05) is 99.5 Å². The first-order valence-electron chi connectivity index (χ1n) is 7.96. The molecule has 22 heavy (non-hydrogen) atoms. The van der Waals surface area contributed by atoms with Gasteiger partial charge in [0.05, 0.1) is 0 Å². The SMILES string of the molecule is C=C/C=C(C/C=C\c1ccccc1C)\C(Cl)=C/C.CCCC. The molecular weight excluding hydrogens is 288 g/mol. The van der Waals surface area contributed by atoms with Gasteiger partial charge in [0, 0.05) is 5.03 Å². The van der Waals surface area contributed by atoms with Gasteiger partial charge in [-0.05, 0) is 37.0 Å². The molecule has 0 amide bonds. The summed E-state index contributed by atoms with van der Waals surface area (Å²) in [5.41, 5.74) is 3.60. The van der Waals surface area contributed by atoms with Gasteiger partial charge >= 0.3 is 0 Å². The summed E-state index contributed by atoms with van der Waals surface area (Å²) in [5.74, 6) is 0. The van der Waals surface area contributed by atoms with Crippen LogP contribution in [0.4, 0.5) is 0 Å². The Bertz CT molecular complexity index is 516. The second-order valence-electron chi connectivity index (χ2n) is 5.03. The van der Waals surface area contributed by atoms with Gasteiger partial charge in [0.1, 0.15) is 0 Å². The number of halogens is 1. The second kappa shape index (κ2) is 13.2. The lowest BCUT2D eigenvalue weighted by Crippen LogP contribution is -1.82. The monoisotopic (exact) mass is 316 g/mol. The number of allylic oxidation sites excluding steroid dienone is 6. The van der Waals surface area contributed by atoms with Crippen molar-refractivity contribution in [2.24, 2.45) is 0 Å². The van der Waals surface area contributed by atoms with Crippen LogP contribution in [-0.4, -0.2) is 0 Å². The molecule has 0 aliphatic heterocycles. The molecule has 1 aromatic rings. The van der Waals surface area contributed by atoms with Crippen molar-refractivity contribution in [3.63, 3.8) is 0 Å². The van der Waals surface area contributed by atoms with Crippen molar-refractivity contribution in [2.75, 3.05) is 0 Å².